The zero-order chi connectivity index (χ0) is 22.8. The number of hydrogen-bond donors (Lipinski definition) is 1. The van der Waals surface area contributed by atoms with Gasteiger partial charge in [-0.25, -0.2) is 0 Å². The highest BCUT2D eigenvalue weighted by atomic mass is 35.5. The van der Waals surface area contributed by atoms with Crippen molar-refractivity contribution in [3.63, 3.8) is 0 Å². The number of aromatic nitrogens is 1. The van der Waals surface area contributed by atoms with E-state index in [0.29, 0.717) is 16.3 Å². The van der Waals surface area contributed by atoms with Crippen LogP contribution in [0.1, 0.15) is 15.2 Å². The fourth-order valence-corrected chi connectivity index (χ4v) is 4.89. The molecular weight excluding hydrogens is 452 g/mol. The summed E-state index contributed by atoms with van der Waals surface area (Å²) < 4.78 is 1.79. The Morgan fingerprint density at radius 2 is 1.45 bits per heavy atom. The van der Waals surface area contributed by atoms with Crippen LogP contribution in [0.15, 0.2) is 102 Å². The Morgan fingerprint density at radius 1 is 0.788 bits per heavy atom. The summed E-state index contributed by atoms with van der Waals surface area (Å²) in [4.78, 5) is 26.7. The Morgan fingerprint density at radius 3 is 2.15 bits per heavy atom. The van der Waals surface area contributed by atoms with Crippen molar-refractivity contribution in [1.29, 1.82) is 0 Å². The minimum atomic E-state index is -0.235. The van der Waals surface area contributed by atoms with E-state index in [2.05, 4.69) is 5.32 Å². The first kappa shape index (κ1) is 21.3. The van der Waals surface area contributed by atoms with E-state index in [0.717, 1.165) is 26.7 Å². The Hall–Kier alpha value is -3.54. The molecular formula is C27H19ClN2O2S. The Labute approximate surface area is 200 Å². The Bertz CT molecular complexity index is 1460. The maximum atomic E-state index is 13.2. The number of nitrogens with one attached hydrogen (secondary N) is 1. The summed E-state index contributed by atoms with van der Waals surface area (Å²) in [5.74, 6) is 0.0423. The molecule has 5 aromatic rings. The molecule has 0 atom stereocenters. The number of thioether (sulfide) groups is 1. The number of rotatable bonds is 5. The monoisotopic (exact) mass is 470 g/mol. The van der Waals surface area contributed by atoms with Gasteiger partial charge in [0.1, 0.15) is 0 Å². The molecule has 0 bridgehead atoms. The number of benzene rings is 4. The molecule has 0 fully saturated rings. The predicted octanol–water partition coefficient (Wildman–Crippen LogP) is 7.13. The quantitative estimate of drug-likeness (QED) is 0.278. The fourth-order valence-electron chi connectivity index (χ4n) is 3.90. The van der Waals surface area contributed by atoms with Crippen molar-refractivity contribution in [3.8, 4) is 0 Å². The number of fused-ring (bicyclic) bond motifs is 3. The predicted molar refractivity (Wildman–Crippen MR) is 137 cm³/mol. The van der Waals surface area contributed by atoms with Gasteiger partial charge in [-0.05, 0) is 48.5 Å². The van der Waals surface area contributed by atoms with E-state index in [1.807, 2.05) is 72.8 Å². The molecule has 162 valence electrons. The average molecular weight is 471 g/mol. The third-order valence-electron chi connectivity index (χ3n) is 5.37. The summed E-state index contributed by atoms with van der Waals surface area (Å²) in [5, 5.41) is 5.53. The third-order valence-corrected chi connectivity index (χ3v) is 6.58. The van der Waals surface area contributed by atoms with Gasteiger partial charge in [0.25, 0.3) is 5.91 Å². The van der Waals surface area contributed by atoms with Crippen LogP contribution in [-0.4, -0.2) is 22.1 Å². The second-order valence-electron chi connectivity index (χ2n) is 7.54. The van der Waals surface area contributed by atoms with Crippen LogP contribution in [0.2, 0.25) is 5.02 Å². The maximum absolute atomic E-state index is 13.2. The normalized spacial score (nSPS) is 11.1. The highest BCUT2D eigenvalue weighted by molar-refractivity contribution is 8.00. The number of hydrogen-bond acceptors (Lipinski definition) is 3. The molecule has 0 unspecified atom stereocenters. The number of para-hydroxylation sites is 2. The SMILES string of the molecule is O=C(Nc1cccc(SCC(=O)n2c3ccccc3c3ccccc32)c1)c1cccc(Cl)c1. The van der Waals surface area contributed by atoms with E-state index in [1.165, 1.54) is 11.8 Å². The number of carbonyl (C=O) groups is 2. The molecule has 0 aliphatic rings. The van der Waals surface area contributed by atoms with Gasteiger partial charge < -0.3 is 5.32 Å². The van der Waals surface area contributed by atoms with E-state index >= 15 is 0 Å². The number of carbonyl (C=O) groups excluding carboxylic acids is 2. The second-order valence-corrected chi connectivity index (χ2v) is 9.03. The highest BCUT2D eigenvalue weighted by Crippen LogP contribution is 2.30. The van der Waals surface area contributed by atoms with Crippen LogP contribution < -0.4 is 5.32 Å². The lowest BCUT2D eigenvalue weighted by atomic mass is 10.2. The fraction of sp³-hybridized carbons (Fsp3) is 0.0370. The lowest BCUT2D eigenvalue weighted by Gasteiger charge is -2.09. The lowest BCUT2D eigenvalue weighted by Crippen LogP contribution is -2.13. The lowest BCUT2D eigenvalue weighted by molar-refractivity contribution is 0.0950. The maximum Gasteiger partial charge on any atom is 0.255 e. The molecule has 1 amide bonds. The summed E-state index contributed by atoms with van der Waals surface area (Å²) in [6.45, 7) is 0. The molecule has 0 saturated carbocycles. The topological polar surface area (TPSA) is 51.1 Å². The van der Waals surface area contributed by atoms with Gasteiger partial charge in [0.15, 0.2) is 0 Å². The van der Waals surface area contributed by atoms with Crippen molar-refractivity contribution in [3.05, 3.63) is 108 Å². The number of halogens is 1. The van der Waals surface area contributed by atoms with Crippen molar-refractivity contribution >= 4 is 62.7 Å². The molecule has 33 heavy (non-hydrogen) atoms. The minimum absolute atomic E-state index is 0.00534. The first-order valence-corrected chi connectivity index (χ1v) is 11.8. The van der Waals surface area contributed by atoms with Crippen molar-refractivity contribution in [2.75, 3.05) is 11.1 Å². The van der Waals surface area contributed by atoms with Crippen molar-refractivity contribution in [2.24, 2.45) is 0 Å². The van der Waals surface area contributed by atoms with Crippen molar-refractivity contribution in [2.45, 2.75) is 4.90 Å². The first-order valence-electron chi connectivity index (χ1n) is 10.4. The van der Waals surface area contributed by atoms with Gasteiger partial charge in [0.2, 0.25) is 5.91 Å². The summed E-state index contributed by atoms with van der Waals surface area (Å²) in [5.41, 5.74) is 2.97. The molecule has 4 nitrogen and oxygen atoms in total. The van der Waals surface area contributed by atoms with Crippen LogP contribution in [0.3, 0.4) is 0 Å². The molecule has 1 aromatic heterocycles. The Kier molecular flexibility index (Phi) is 5.90. The van der Waals surface area contributed by atoms with Crippen LogP contribution in [0.25, 0.3) is 21.8 Å². The molecule has 0 radical (unpaired) electrons. The van der Waals surface area contributed by atoms with E-state index in [1.54, 1.807) is 28.8 Å². The van der Waals surface area contributed by atoms with E-state index in [4.69, 9.17) is 11.6 Å². The minimum Gasteiger partial charge on any atom is -0.322 e. The molecule has 1 N–H and O–H groups in total. The molecule has 0 aliphatic carbocycles. The largest absolute Gasteiger partial charge is 0.322 e. The summed E-state index contributed by atoms with van der Waals surface area (Å²) >= 11 is 7.43. The van der Waals surface area contributed by atoms with Gasteiger partial charge in [0, 0.05) is 31.9 Å². The average Bonchev–Trinajstić information content (AvgIpc) is 3.17. The van der Waals surface area contributed by atoms with Gasteiger partial charge in [-0.1, -0.05) is 60.1 Å². The number of nitrogens with zero attached hydrogens (tertiary/aromatic N) is 1. The molecule has 6 heteroatoms. The zero-order valence-corrected chi connectivity index (χ0v) is 19.1. The number of amides is 1. The van der Waals surface area contributed by atoms with Crippen LogP contribution in [0.5, 0.6) is 0 Å². The van der Waals surface area contributed by atoms with Crippen LogP contribution in [-0.2, 0) is 0 Å². The third kappa shape index (κ3) is 4.38. The van der Waals surface area contributed by atoms with Gasteiger partial charge in [0.05, 0.1) is 16.8 Å². The van der Waals surface area contributed by atoms with E-state index in [9.17, 15) is 9.59 Å². The van der Waals surface area contributed by atoms with Gasteiger partial charge in [-0.3, -0.25) is 14.2 Å². The van der Waals surface area contributed by atoms with Crippen LogP contribution in [0.4, 0.5) is 5.69 Å². The molecule has 0 aliphatic heterocycles. The summed E-state index contributed by atoms with van der Waals surface area (Å²) in [7, 11) is 0. The number of anilines is 1. The molecule has 0 spiro atoms. The van der Waals surface area contributed by atoms with E-state index in [-0.39, 0.29) is 17.6 Å². The van der Waals surface area contributed by atoms with Gasteiger partial charge in [-0.2, -0.15) is 0 Å². The smallest absolute Gasteiger partial charge is 0.255 e. The summed E-state index contributed by atoms with van der Waals surface area (Å²) in [6, 6.07) is 30.2. The summed E-state index contributed by atoms with van der Waals surface area (Å²) in [6.07, 6.45) is 0. The van der Waals surface area contributed by atoms with Crippen LogP contribution in [0, 0.1) is 0 Å². The van der Waals surface area contributed by atoms with Crippen molar-refractivity contribution < 1.29 is 9.59 Å². The standard InChI is InChI=1S/C27H19ClN2O2S/c28-19-8-5-7-18(15-19)27(32)29-20-9-6-10-21(16-20)33-17-26(31)30-24-13-3-1-11-22(24)23-12-2-4-14-25(23)30/h1-16H,17H2,(H,29,32). The zero-order valence-electron chi connectivity index (χ0n) is 17.5. The second kappa shape index (κ2) is 9.14. The van der Waals surface area contributed by atoms with Gasteiger partial charge >= 0.3 is 0 Å². The van der Waals surface area contributed by atoms with Gasteiger partial charge in [-0.15, -0.1) is 11.8 Å². The highest BCUT2D eigenvalue weighted by Gasteiger charge is 2.16. The van der Waals surface area contributed by atoms with Crippen molar-refractivity contribution in [1.82, 2.24) is 4.57 Å². The first-order chi connectivity index (χ1) is 16.1. The molecule has 0 saturated heterocycles. The molecule has 4 aromatic carbocycles. The van der Waals surface area contributed by atoms with E-state index < -0.39 is 0 Å². The molecule has 5 rings (SSSR count). The Balaban J connectivity index is 1.34. The molecule has 1 heterocycles. The van der Waals surface area contributed by atoms with Crippen LogP contribution >= 0.6 is 23.4 Å².